The zero-order valence-electron chi connectivity index (χ0n) is 10.3. The molecular formula is C13H12N6. The number of rotatable bonds is 1. The van der Waals surface area contributed by atoms with Crippen molar-refractivity contribution in [3.63, 3.8) is 0 Å². The minimum atomic E-state index is 0.446. The smallest absolute Gasteiger partial charge is 0.180 e. The maximum atomic E-state index is 9.23. The van der Waals surface area contributed by atoms with E-state index in [1.54, 1.807) is 12.4 Å². The van der Waals surface area contributed by atoms with Crippen LogP contribution in [0.3, 0.4) is 0 Å². The molecule has 4 rings (SSSR count). The average Bonchev–Trinajstić information content (AvgIpc) is 3.15. The molecule has 0 radical (unpaired) electrons. The SMILES string of the molecule is N#Cc1c[nH]c2ncc3nnc(C4CCCC4)n3c12. The summed E-state index contributed by atoms with van der Waals surface area (Å²) < 4.78 is 1.99. The van der Waals surface area contributed by atoms with Gasteiger partial charge in [-0.05, 0) is 12.8 Å². The van der Waals surface area contributed by atoms with Crippen LogP contribution in [0.25, 0.3) is 16.8 Å². The quantitative estimate of drug-likeness (QED) is 0.719. The summed E-state index contributed by atoms with van der Waals surface area (Å²) in [6.45, 7) is 0. The van der Waals surface area contributed by atoms with Crippen LogP contribution in [-0.2, 0) is 0 Å². The van der Waals surface area contributed by atoms with E-state index >= 15 is 0 Å². The van der Waals surface area contributed by atoms with E-state index < -0.39 is 0 Å². The molecule has 0 atom stereocenters. The van der Waals surface area contributed by atoms with Crippen LogP contribution in [0.15, 0.2) is 12.4 Å². The normalized spacial score (nSPS) is 16.4. The van der Waals surface area contributed by atoms with Crippen molar-refractivity contribution in [2.45, 2.75) is 31.6 Å². The Bertz CT molecular complexity index is 800. The van der Waals surface area contributed by atoms with Crippen LogP contribution in [0.1, 0.15) is 43.0 Å². The van der Waals surface area contributed by atoms with E-state index in [1.807, 2.05) is 4.40 Å². The van der Waals surface area contributed by atoms with Gasteiger partial charge in [-0.15, -0.1) is 10.2 Å². The maximum Gasteiger partial charge on any atom is 0.180 e. The first-order valence-corrected chi connectivity index (χ1v) is 6.49. The summed E-state index contributed by atoms with van der Waals surface area (Å²) >= 11 is 0. The molecule has 0 aromatic carbocycles. The van der Waals surface area contributed by atoms with E-state index in [1.165, 1.54) is 12.8 Å². The monoisotopic (exact) mass is 252 g/mol. The highest BCUT2D eigenvalue weighted by Crippen LogP contribution is 2.34. The number of nitriles is 1. The molecule has 1 aliphatic carbocycles. The number of hydrogen-bond donors (Lipinski definition) is 1. The zero-order valence-corrected chi connectivity index (χ0v) is 10.3. The Balaban J connectivity index is 2.09. The summed E-state index contributed by atoms with van der Waals surface area (Å²) in [5.41, 5.74) is 2.81. The Hall–Kier alpha value is -2.42. The molecule has 1 saturated carbocycles. The third-order valence-corrected chi connectivity index (χ3v) is 3.92. The minimum absolute atomic E-state index is 0.446. The summed E-state index contributed by atoms with van der Waals surface area (Å²) in [4.78, 5) is 7.32. The van der Waals surface area contributed by atoms with Crippen LogP contribution in [0.4, 0.5) is 0 Å². The van der Waals surface area contributed by atoms with Crippen molar-refractivity contribution >= 4 is 16.8 Å². The molecule has 3 aromatic heterocycles. The highest BCUT2D eigenvalue weighted by atomic mass is 15.3. The number of nitrogens with zero attached hydrogens (tertiary/aromatic N) is 5. The second kappa shape index (κ2) is 3.79. The molecule has 3 heterocycles. The van der Waals surface area contributed by atoms with Gasteiger partial charge in [0, 0.05) is 12.1 Å². The minimum Gasteiger partial charge on any atom is -0.343 e. The van der Waals surface area contributed by atoms with Crippen molar-refractivity contribution in [2.75, 3.05) is 0 Å². The molecule has 1 N–H and O–H groups in total. The van der Waals surface area contributed by atoms with E-state index in [0.29, 0.717) is 22.8 Å². The summed E-state index contributed by atoms with van der Waals surface area (Å²) in [6, 6.07) is 2.20. The average molecular weight is 252 g/mol. The van der Waals surface area contributed by atoms with Gasteiger partial charge in [-0.1, -0.05) is 12.8 Å². The molecule has 0 spiro atoms. The highest BCUT2D eigenvalue weighted by Gasteiger charge is 2.24. The predicted octanol–water partition coefficient (Wildman–Crippen LogP) is 2.13. The fraction of sp³-hybridized carbons (Fsp3) is 0.385. The number of aromatic nitrogens is 5. The van der Waals surface area contributed by atoms with Crippen LogP contribution < -0.4 is 0 Å². The first-order valence-electron chi connectivity index (χ1n) is 6.49. The van der Waals surface area contributed by atoms with E-state index in [4.69, 9.17) is 0 Å². The van der Waals surface area contributed by atoms with E-state index in [2.05, 4.69) is 26.2 Å². The Morgan fingerprint density at radius 2 is 2.16 bits per heavy atom. The fourth-order valence-corrected chi connectivity index (χ4v) is 3.01. The Kier molecular flexibility index (Phi) is 2.09. The van der Waals surface area contributed by atoms with Crippen LogP contribution in [0.5, 0.6) is 0 Å². The van der Waals surface area contributed by atoms with Gasteiger partial charge in [0.1, 0.15) is 17.4 Å². The van der Waals surface area contributed by atoms with Crippen LogP contribution in [0, 0.1) is 11.3 Å². The van der Waals surface area contributed by atoms with Crippen molar-refractivity contribution in [1.29, 1.82) is 5.26 Å². The number of H-pyrrole nitrogens is 1. The third kappa shape index (κ3) is 1.38. The van der Waals surface area contributed by atoms with Gasteiger partial charge < -0.3 is 4.98 Å². The van der Waals surface area contributed by atoms with Gasteiger partial charge in [-0.2, -0.15) is 5.26 Å². The molecule has 19 heavy (non-hydrogen) atoms. The molecule has 0 saturated heterocycles. The molecule has 0 unspecified atom stereocenters. The number of aromatic amines is 1. The summed E-state index contributed by atoms with van der Waals surface area (Å²) in [5.74, 6) is 1.41. The number of fused-ring (bicyclic) bond motifs is 3. The molecule has 0 amide bonds. The second-order valence-electron chi connectivity index (χ2n) is 5.00. The maximum absolute atomic E-state index is 9.23. The van der Waals surface area contributed by atoms with Crippen molar-refractivity contribution in [1.82, 2.24) is 24.6 Å². The van der Waals surface area contributed by atoms with Gasteiger partial charge in [0.15, 0.2) is 11.3 Å². The fourth-order valence-electron chi connectivity index (χ4n) is 3.01. The van der Waals surface area contributed by atoms with E-state index in [0.717, 1.165) is 24.2 Å². The van der Waals surface area contributed by atoms with Crippen LogP contribution in [0.2, 0.25) is 0 Å². The Labute approximate surface area is 109 Å². The lowest BCUT2D eigenvalue weighted by molar-refractivity contribution is 0.662. The first kappa shape index (κ1) is 10.5. The molecule has 1 fully saturated rings. The first-order chi connectivity index (χ1) is 9.38. The number of nitrogens with one attached hydrogen (secondary N) is 1. The van der Waals surface area contributed by atoms with Crippen molar-refractivity contribution in [3.8, 4) is 6.07 Å². The number of hydrogen-bond acceptors (Lipinski definition) is 4. The Morgan fingerprint density at radius 3 is 2.95 bits per heavy atom. The zero-order chi connectivity index (χ0) is 12.8. The largest absolute Gasteiger partial charge is 0.343 e. The molecule has 94 valence electrons. The summed E-state index contributed by atoms with van der Waals surface area (Å²) in [6.07, 6.45) is 8.17. The van der Waals surface area contributed by atoms with Crippen LogP contribution >= 0.6 is 0 Å². The lowest BCUT2D eigenvalue weighted by Crippen LogP contribution is -2.02. The molecule has 0 bridgehead atoms. The van der Waals surface area contributed by atoms with Crippen molar-refractivity contribution in [2.24, 2.45) is 0 Å². The van der Waals surface area contributed by atoms with Crippen molar-refractivity contribution < 1.29 is 0 Å². The molecule has 1 aliphatic rings. The molecule has 3 aromatic rings. The van der Waals surface area contributed by atoms with Gasteiger partial charge in [0.05, 0.1) is 11.8 Å². The molecule has 6 heteroatoms. The van der Waals surface area contributed by atoms with Gasteiger partial charge >= 0.3 is 0 Å². The molecule has 0 aliphatic heterocycles. The summed E-state index contributed by atoms with van der Waals surface area (Å²) in [5, 5.41) is 17.8. The van der Waals surface area contributed by atoms with E-state index in [-0.39, 0.29) is 0 Å². The van der Waals surface area contributed by atoms with Gasteiger partial charge in [0.2, 0.25) is 0 Å². The topological polar surface area (TPSA) is 82.7 Å². The molecular weight excluding hydrogens is 240 g/mol. The standard InChI is InChI=1S/C13H12N6/c14-5-9-6-15-12-11(9)19-10(7-16-12)17-18-13(19)8-3-1-2-4-8/h6-8,15H,1-4H2. The Morgan fingerprint density at radius 1 is 1.32 bits per heavy atom. The lowest BCUT2D eigenvalue weighted by atomic mass is 10.1. The lowest BCUT2D eigenvalue weighted by Gasteiger charge is -2.07. The third-order valence-electron chi connectivity index (χ3n) is 3.92. The molecule has 6 nitrogen and oxygen atoms in total. The highest BCUT2D eigenvalue weighted by molar-refractivity contribution is 5.81. The summed E-state index contributed by atoms with van der Waals surface area (Å²) in [7, 11) is 0. The van der Waals surface area contributed by atoms with Gasteiger partial charge in [-0.25, -0.2) is 4.98 Å². The van der Waals surface area contributed by atoms with Crippen LogP contribution in [-0.4, -0.2) is 24.6 Å². The van der Waals surface area contributed by atoms with E-state index in [9.17, 15) is 5.26 Å². The van der Waals surface area contributed by atoms with Gasteiger partial charge in [0.25, 0.3) is 0 Å². The second-order valence-corrected chi connectivity index (χ2v) is 5.00. The van der Waals surface area contributed by atoms with Gasteiger partial charge in [-0.3, -0.25) is 4.40 Å². The van der Waals surface area contributed by atoms with Crippen molar-refractivity contribution in [3.05, 3.63) is 23.8 Å². The predicted molar refractivity (Wildman–Crippen MR) is 68.6 cm³/mol.